The number of amides is 1. The normalized spacial score (nSPS) is 18.3. The van der Waals surface area contributed by atoms with Gasteiger partial charge in [-0.25, -0.2) is 0 Å². The Balaban J connectivity index is 1.22. The molecule has 2 aliphatic heterocycles. The van der Waals surface area contributed by atoms with Gasteiger partial charge in [-0.1, -0.05) is 11.6 Å². The van der Waals surface area contributed by atoms with E-state index in [1.165, 1.54) is 22.3 Å². The zero-order valence-corrected chi connectivity index (χ0v) is 21.2. The number of pyridine rings is 1. The lowest BCUT2D eigenvalue weighted by atomic mass is 9.98. The van der Waals surface area contributed by atoms with E-state index in [0.29, 0.717) is 37.4 Å². The number of aromatic amines is 1. The van der Waals surface area contributed by atoms with Crippen LogP contribution >= 0.6 is 0 Å². The molecule has 7 rings (SSSR count). The summed E-state index contributed by atoms with van der Waals surface area (Å²) in [5.41, 5.74) is 7.98. The molecule has 1 amide bonds. The molecule has 3 aromatic heterocycles. The molecule has 4 aromatic rings. The maximum Gasteiger partial charge on any atom is 0.294 e. The van der Waals surface area contributed by atoms with Crippen molar-refractivity contribution in [1.82, 2.24) is 29.5 Å². The monoisotopic (exact) mass is 508 g/mol. The average molecular weight is 509 g/mol. The number of H-pyrrole nitrogens is 1. The zero-order valence-electron chi connectivity index (χ0n) is 21.2. The predicted octanol–water partition coefficient (Wildman–Crippen LogP) is 3.80. The summed E-state index contributed by atoms with van der Waals surface area (Å²) in [4.78, 5) is 35.6. The van der Waals surface area contributed by atoms with Crippen molar-refractivity contribution in [3.8, 4) is 0 Å². The summed E-state index contributed by atoms with van der Waals surface area (Å²) in [7, 11) is 0. The van der Waals surface area contributed by atoms with Gasteiger partial charge < -0.3 is 14.6 Å². The number of aryl methyl sites for hydroxylation is 1. The lowest BCUT2D eigenvalue weighted by molar-refractivity contribution is 0.0764. The number of nitrogens with one attached hydrogen (secondary N) is 1. The summed E-state index contributed by atoms with van der Waals surface area (Å²) in [6, 6.07) is 7.86. The number of nitrogens with zero attached hydrogens (tertiary/aromatic N) is 5. The van der Waals surface area contributed by atoms with E-state index < -0.39 is 0 Å². The Kier molecular flexibility index (Phi) is 5.47. The first kappa shape index (κ1) is 23.0. The molecule has 0 atom stereocenters. The Morgan fingerprint density at radius 1 is 1.13 bits per heavy atom. The minimum absolute atomic E-state index is 0.0175. The van der Waals surface area contributed by atoms with Crippen molar-refractivity contribution in [3.05, 3.63) is 86.7 Å². The first-order valence-electron chi connectivity index (χ1n) is 13.2. The summed E-state index contributed by atoms with van der Waals surface area (Å²) < 4.78 is 7.39. The maximum absolute atomic E-state index is 13.8. The Bertz CT molecular complexity index is 1710. The van der Waals surface area contributed by atoms with Gasteiger partial charge in [0.25, 0.3) is 11.5 Å². The molecule has 38 heavy (non-hydrogen) atoms. The SMILES string of the molecule is Cc1cc2c(cc1C(=O)N1CCC3=C(C=C(c4ccncc4)C3)C1)[nH]c(=O)c1nnc(C3CCOCC3)n12. The average Bonchev–Trinajstić information content (AvgIpc) is 3.59. The fourth-order valence-electron chi connectivity index (χ4n) is 6.05. The molecule has 0 radical (unpaired) electrons. The molecule has 192 valence electrons. The van der Waals surface area contributed by atoms with Crippen molar-refractivity contribution in [2.75, 3.05) is 26.3 Å². The molecule has 0 bridgehead atoms. The second-order valence-electron chi connectivity index (χ2n) is 10.4. The van der Waals surface area contributed by atoms with Gasteiger partial charge in [-0.2, -0.15) is 0 Å². The fourth-order valence-corrected chi connectivity index (χ4v) is 6.05. The van der Waals surface area contributed by atoms with Gasteiger partial charge in [0, 0.05) is 50.2 Å². The first-order chi connectivity index (χ1) is 18.6. The number of hydrogen-bond donors (Lipinski definition) is 1. The van der Waals surface area contributed by atoms with Gasteiger partial charge in [-0.05, 0) is 79.1 Å². The number of aromatic nitrogens is 5. The zero-order chi connectivity index (χ0) is 25.8. The Morgan fingerprint density at radius 2 is 1.95 bits per heavy atom. The molecule has 3 aliphatic rings. The highest BCUT2D eigenvalue weighted by atomic mass is 16.5. The van der Waals surface area contributed by atoms with Crippen molar-refractivity contribution in [3.63, 3.8) is 0 Å². The molecule has 1 N–H and O–H groups in total. The second kappa shape index (κ2) is 9.02. The van der Waals surface area contributed by atoms with E-state index in [9.17, 15) is 9.59 Å². The lowest BCUT2D eigenvalue weighted by Crippen LogP contribution is -2.36. The van der Waals surface area contributed by atoms with Crippen LogP contribution in [0, 0.1) is 6.92 Å². The van der Waals surface area contributed by atoms with Gasteiger partial charge in [-0.15, -0.1) is 10.2 Å². The summed E-state index contributed by atoms with van der Waals surface area (Å²) in [5, 5.41) is 8.60. The van der Waals surface area contributed by atoms with E-state index in [1.54, 1.807) is 0 Å². The Morgan fingerprint density at radius 3 is 2.76 bits per heavy atom. The molecule has 0 spiro atoms. The molecule has 5 heterocycles. The number of carbonyl (C=O) groups is 1. The van der Waals surface area contributed by atoms with E-state index in [2.05, 4.69) is 26.2 Å². The van der Waals surface area contributed by atoms with Crippen LogP contribution in [0.2, 0.25) is 0 Å². The fraction of sp³-hybridized carbons (Fsp3) is 0.345. The van der Waals surface area contributed by atoms with Crippen LogP contribution in [0.25, 0.3) is 22.3 Å². The third-order valence-corrected chi connectivity index (χ3v) is 8.13. The van der Waals surface area contributed by atoms with Gasteiger partial charge in [0.2, 0.25) is 5.65 Å². The third kappa shape index (κ3) is 3.77. The van der Waals surface area contributed by atoms with E-state index in [-0.39, 0.29) is 23.0 Å². The highest BCUT2D eigenvalue weighted by molar-refractivity contribution is 5.99. The molecule has 1 saturated heterocycles. The Hall–Kier alpha value is -4.11. The van der Waals surface area contributed by atoms with Crippen LogP contribution in [-0.2, 0) is 4.74 Å². The molecule has 0 unspecified atom stereocenters. The highest BCUT2D eigenvalue weighted by Gasteiger charge is 2.29. The van der Waals surface area contributed by atoms with E-state index in [4.69, 9.17) is 4.74 Å². The molecular formula is C29H28N6O3. The number of ether oxygens (including phenoxy) is 1. The smallest absolute Gasteiger partial charge is 0.294 e. The summed E-state index contributed by atoms with van der Waals surface area (Å²) >= 11 is 0. The second-order valence-corrected chi connectivity index (χ2v) is 10.4. The van der Waals surface area contributed by atoms with Crippen LogP contribution in [-0.4, -0.2) is 61.7 Å². The number of benzene rings is 1. The summed E-state index contributed by atoms with van der Waals surface area (Å²) in [5.74, 6) is 0.945. The first-order valence-corrected chi connectivity index (χ1v) is 13.2. The third-order valence-electron chi connectivity index (χ3n) is 8.13. The van der Waals surface area contributed by atoms with Crippen LogP contribution in [0.1, 0.15) is 58.9 Å². The Labute approximate surface area is 218 Å². The van der Waals surface area contributed by atoms with Crippen LogP contribution in [0.15, 0.2) is 58.7 Å². The molecule has 0 saturated carbocycles. The molecule has 9 nitrogen and oxygen atoms in total. The number of hydrogen-bond acceptors (Lipinski definition) is 6. The van der Waals surface area contributed by atoms with E-state index in [0.717, 1.165) is 42.6 Å². The maximum atomic E-state index is 13.8. The highest BCUT2D eigenvalue weighted by Crippen LogP contribution is 2.37. The van der Waals surface area contributed by atoms with Gasteiger partial charge >= 0.3 is 0 Å². The number of allylic oxidation sites excluding steroid dienone is 1. The van der Waals surface area contributed by atoms with Crippen LogP contribution < -0.4 is 5.56 Å². The van der Waals surface area contributed by atoms with Crippen molar-refractivity contribution in [1.29, 1.82) is 0 Å². The van der Waals surface area contributed by atoms with Crippen LogP contribution in [0.3, 0.4) is 0 Å². The van der Waals surface area contributed by atoms with E-state index in [1.807, 2.05) is 52.9 Å². The van der Waals surface area contributed by atoms with Crippen molar-refractivity contribution >= 4 is 28.2 Å². The van der Waals surface area contributed by atoms with Crippen molar-refractivity contribution < 1.29 is 9.53 Å². The number of fused-ring (bicyclic) bond motifs is 3. The minimum Gasteiger partial charge on any atom is -0.381 e. The van der Waals surface area contributed by atoms with Gasteiger partial charge in [0.05, 0.1) is 11.0 Å². The quantitative estimate of drug-likeness (QED) is 0.451. The molecular weight excluding hydrogens is 480 g/mol. The largest absolute Gasteiger partial charge is 0.381 e. The van der Waals surface area contributed by atoms with Crippen LogP contribution in [0.5, 0.6) is 0 Å². The minimum atomic E-state index is -0.307. The molecule has 9 heteroatoms. The summed E-state index contributed by atoms with van der Waals surface area (Å²) in [6.07, 6.45) is 9.35. The van der Waals surface area contributed by atoms with Crippen LogP contribution in [0.4, 0.5) is 0 Å². The molecule has 1 aromatic carbocycles. The van der Waals surface area contributed by atoms with Gasteiger partial charge in [-0.3, -0.25) is 19.0 Å². The van der Waals surface area contributed by atoms with Crippen molar-refractivity contribution in [2.24, 2.45) is 0 Å². The van der Waals surface area contributed by atoms with Gasteiger partial charge in [0.15, 0.2) is 0 Å². The number of carbonyl (C=O) groups excluding carboxylic acids is 1. The number of rotatable bonds is 3. The van der Waals surface area contributed by atoms with Gasteiger partial charge in [0.1, 0.15) is 5.82 Å². The van der Waals surface area contributed by atoms with E-state index >= 15 is 0 Å². The standard InChI is InChI=1S/C29H28N6O3/c1-17-12-25-24(31-28(36)27-33-32-26(35(25)27)19-5-10-38-11-6-19)15-23(17)29(37)34-9-4-20-13-21(14-22(20)16-34)18-2-7-30-8-3-18/h2-3,7-8,12,14-15,19H,4-6,9-11,13,16H2,1H3,(H,31,36). The predicted molar refractivity (Wildman–Crippen MR) is 143 cm³/mol. The van der Waals surface area contributed by atoms with Crippen molar-refractivity contribution in [2.45, 2.75) is 38.5 Å². The summed E-state index contributed by atoms with van der Waals surface area (Å²) in [6.45, 7) is 4.57. The topological polar surface area (TPSA) is 105 Å². The lowest BCUT2D eigenvalue weighted by Gasteiger charge is -2.29. The molecule has 1 fully saturated rings. The molecule has 1 aliphatic carbocycles.